The summed E-state index contributed by atoms with van der Waals surface area (Å²) in [4.78, 5) is 21.7. The van der Waals surface area contributed by atoms with Crippen molar-refractivity contribution in [3.8, 4) is 5.75 Å². The second-order valence-electron chi connectivity index (χ2n) is 3.01. The van der Waals surface area contributed by atoms with Gasteiger partial charge in [-0.15, -0.1) is 0 Å². The molecule has 80 valence electrons. The second-order valence-corrected chi connectivity index (χ2v) is 3.01. The molecule has 1 rings (SSSR count). The Balaban J connectivity index is 2.82. The quantitative estimate of drug-likeness (QED) is 0.702. The minimum absolute atomic E-state index is 0.0243. The predicted molar refractivity (Wildman–Crippen MR) is 52.3 cm³/mol. The maximum atomic E-state index is 11.3. The zero-order chi connectivity index (χ0) is 11.4. The highest BCUT2D eigenvalue weighted by molar-refractivity contribution is 5.94. The van der Waals surface area contributed by atoms with Gasteiger partial charge < -0.3 is 15.6 Å². The van der Waals surface area contributed by atoms with Crippen LogP contribution >= 0.6 is 0 Å². The summed E-state index contributed by atoms with van der Waals surface area (Å²) < 4.78 is 4.55. The highest BCUT2D eigenvalue weighted by Gasteiger charge is 2.14. The lowest BCUT2D eigenvalue weighted by molar-refractivity contribution is -0.121. The Labute approximate surface area is 86.5 Å². The lowest BCUT2D eigenvalue weighted by Gasteiger charge is -2.05. The number of hydrogen-bond acceptors (Lipinski definition) is 4. The van der Waals surface area contributed by atoms with Crippen LogP contribution in [0.25, 0.3) is 0 Å². The fourth-order valence-electron chi connectivity index (χ4n) is 1.04. The van der Waals surface area contributed by atoms with Crippen LogP contribution in [0.4, 0.5) is 0 Å². The van der Waals surface area contributed by atoms with Crippen molar-refractivity contribution in [2.45, 2.75) is 6.92 Å². The number of carbonyl (C=O) groups is 2. The molecule has 3 N–H and O–H groups in total. The van der Waals surface area contributed by atoms with Gasteiger partial charge in [-0.3, -0.25) is 4.79 Å². The van der Waals surface area contributed by atoms with Gasteiger partial charge in [0.1, 0.15) is 11.3 Å². The van der Waals surface area contributed by atoms with Gasteiger partial charge in [0, 0.05) is 0 Å². The van der Waals surface area contributed by atoms with E-state index in [1.807, 2.05) is 0 Å². The van der Waals surface area contributed by atoms with Crippen LogP contribution in [-0.4, -0.2) is 23.6 Å². The Morgan fingerprint density at radius 2 is 2.13 bits per heavy atom. The van der Waals surface area contributed by atoms with Crippen LogP contribution in [0.15, 0.2) is 18.2 Å². The highest BCUT2D eigenvalue weighted by atomic mass is 16.5. The number of amides is 1. The van der Waals surface area contributed by atoms with Crippen LogP contribution in [0.2, 0.25) is 0 Å². The molecule has 0 heterocycles. The monoisotopic (exact) mass is 209 g/mol. The maximum absolute atomic E-state index is 11.3. The molecule has 0 radical (unpaired) electrons. The number of esters is 1. The molecule has 0 spiro atoms. The number of phenolic OH excluding ortho intramolecular Hbond substituents is 1. The first-order valence-corrected chi connectivity index (χ1v) is 4.26. The lowest BCUT2D eigenvalue weighted by Crippen LogP contribution is -2.21. The summed E-state index contributed by atoms with van der Waals surface area (Å²) in [5, 5.41) is 9.52. The minimum Gasteiger partial charge on any atom is -0.507 e. The van der Waals surface area contributed by atoms with Crippen LogP contribution in [0.5, 0.6) is 5.75 Å². The van der Waals surface area contributed by atoms with E-state index in [9.17, 15) is 14.7 Å². The van der Waals surface area contributed by atoms with Crippen molar-refractivity contribution in [3.05, 3.63) is 29.3 Å². The van der Waals surface area contributed by atoms with Crippen molar-refractivity contribution >= 4 is 11.9 Å². The molecule has 0 saturated carbocycles. The van der Waals surface area contributed by atoms with E-state index in [0.717, 1.165) is 0 Å². The summed E-state index contributed by atoms with van der Waals surface area (Å²) in [6, 6.07) is 4.67. The van der Waals surface area contributed by atoms with Crippen LogP contribution in [-0.2, 0) is 9.53 Å². The number of para-hydroxylation sites is 1. The molecular formula is C10H11NO4. The van der Waals surface area contributed by atoms with Gasteiger partial charge in [-0.05, 0) is 18.6 Å². The Kier molecular flexibility index (Phi) is 3.28. The first kappa shape index (κ1) is 11.0. The molecule has 0 aliphatic rings. The van der Waals surface area contributed by atoms with Gasteiger partial charge >= 0.3 is 5.97 Å². The van der Waals surface area contributed by atoms with Gasteiger partial charge in [0.15, 0.2) is 6.61 Å². The third kappa shape index (κ3) is 2.70. The molecule has 5 heteroatoms. The highest BCUT2D eigenvalue weighted by Crippen LogP contribution is 2.21. The summed E-state index contributed by atoms with van der Waals surface area (Å²) in [6.45, 7) is 1.16. The molecule has 5 nitrogen and oxygen atoms in total. The minimum atomic E-state index is -0.769. The molecule has 0 bridgehead atoms. The van der Waals surface area contributed by atoms with E-state index in [1.165, 1.54) is 6.07 Å². The van der Waals surface area contributed by atoms with E-state index in [1.54, 1.807) is 19.1 Å². The molecule has 0 atom stereocenters. The molecule has 0 unspecified atom stereocenters. The number of benzene rings is 1. The van der Waals surface area contributed by atoms with E-state index >= 15 is 0 Å². The Hall–Kier alpha value is -2.04. The summed E-state index contributed by atoms with van der Waals surface area (Å²) in [5.41, 5.74) is 5.39. The standard InChI is InChI=1S/C10H11NO4/c1-6-3-2-4-7(9(6)13)10(14)15-5-8(11)12/h2-4,13H,5H2,1H3,(H2,11,12). The number of aryl methyl sites for hydroxylation is 1. The van der Waals surface area contributed by atoms with Crippen molar-refractivity contribution in [1.29, 1.82) is 0 Å². The lowest BCUT2D eigenvalue weighted by atomic mass is 10.1. The summed E-state index contributed by atoms with van der Waals surface area (Å²) in [6.07, 6.45) is 0. The smallest absolute Gasteiger partial charge is 0.342 e. The summed E-state index contributed by atoms with van der Waals surface area (Å²) in [5.74, 6) is -1.66. The normalized spacial score (nSPS) is 9.67. The van der Waals surface area contributed by atoms with Crippen molar-refractivity contribution in [1.82, 2.24) is 0 Å². The van der Waals surface area contributed by atoms with Gasteiger partial charge in [-0.2, -0.15) is 0 Å². The third-order valence-corrected chi connectivity index (χ3v) is 1.80. The summed E-state index contributed by atoms with van der Waals surface area (Å²) in [7, 11) is 0. The Morgan fingerprint density at radius 1 is 1.47 bits per heavy atom. The van der Waals surface area contributed by atoms with Gasteiger partial charge in [-0.1, -0.05) is 12.1 Å². The van der Waals surface area contributed by atoms with Crippen LogP contribution in [0.3, 0.4) is 0 Å². The number of primary amides is 1. The molecule has 0 saturated heterocycles. The number of rotatable bonds is 3. The van der Waals surface area contributed by atoms with Crippen molar-refractivity contribution in [2.75, 3.05) is 6.61 Å². The first-order chi connectivity index (χ1) is 7.02. The maximum Gasteiger partial charge on any atom is 0.342 e. The number of aromatic hydroxyl groups is 1. The van der Waals surface area contributed by atoms with Gasteiger partial charge in [0.25, 0.3) is 5.91 Å². The average molecular weight is 209 g/mol. The van der Waals surface area contributed by atoms with E-state index in [0.29, 0.717) is 5.56 Å². The predicted octanol–water partition coefficient (Wildman–Crippen LogP) is 0.343. The summed E-state index contributed by atoms with van der Waals surface area (Å²) >= 11 is 0. The molecule has 1 aromatic rings. The van der Waals surface area contributed by atoms with E-state index < -0.39 is 18.5 Å². The average Bonchev–Trinajstić information content (AvgIpc) is 2.18. The molecule has 0 aliphatic carbocycles. The Bertz CT molecular complexity index is 400. The second kappa shape index (κ2) is 4.45. The number of hydrogen-bond donors (Lipinski definition) is 2. The van der Waals surface area contributed by atoms with Gasteiger partial charge in [0.05, 0.1) is 0 Å². The zero-order valence-corrected chi connectivity index (χ0v) is 8.19. The third-order valence-electron chi connectivity index (χ3n) is 1.80. The van der Waals surface area contributed by atoms with Gasteiger partial charge in [0.2, 0.25) is 0 Å². The molecule has 0 aliphatic heterocycles. The fraction of sp³-hybridized carbons (Fsp3) is 0.200. The van der Waals surface area contributed by atoms with Crippen LogP contribution < -0.4 is 5.73 Å². The Morgan fingerprint density at radius 3 is 2.73 bits per heavy atom. The number of ether oxygens (including phenoxy) is 1. The first-order valence-electron chi connectivity index (χ1n) is 4.26. The van der Waals surface area contributed by atoms with Gasteiger partial charge in [-0.25, -0.2) is 4.79 Å². The van der Waals surface area contributed by atoms with Crippen molar-refractivity contribution in [2.24, 2.45) is 5.73 Å². The van der Waals surface area contributed by atoms with Crippen molar-refractivity contribution < 1.29 is 19.4 Å². The van der Waals surface area contributed by atoms with Crippen LogP contribution in [0.1, 0.15) is 15.9 Å². The largest absolute Gasteiger partial charge is 0.507 e. The van der Waals surface area contributed by atoms with Crippen LogP contribution in [0, 0.1) is 6.92 Å². The molecule has 15 heavy (non-hydrogen) atoms. The number of phenols is 1. The number of nitrogens with two attached hydrogens (primary N) is 1. The molecule has 1 aromatic carbocycles. The van der Waals surface area contributed by atoms with E-state index in [4.69, 9.17) is 5.73 Å². The zero-order valence-electron chi connectivity index (χ0n) is 8.19. The topological polar surface area (TPSA) is 89.6 Å². The molecule has 0 aromatic heterocycles. The molecular weight excluding hydrogens is 198 g/mol. The fourth-order valence-corrected chi connectivity index (χ4v) is 1.04. The molecule has 1 amide bonds. The van der Waals surface area contributed by atoms with E-state index in [-0.39, 0.29) is 11.3 Å². The molecule has 0 fully saturated rings. The SMILES string of the molecule is Cc1cccc(C(=O)OCC(N)=O)c1O. The van der Waals surface area contributed by atoms with E-state index in [2.05, 4.69) is 4.74 Å². The van der Waals surface area contributed by atoms with Crippen molar-refractivity contribution in [3.63, 3.8) is 0 Å². The number of carbonyl (C=O) groups excluding carboxylic acids is 2.